The van der Waals surface area contributed by atoms with Crippen LogP contribution in [0.25, 0.3) is 0 Å². The zero-order chi connectivity index (χ0) is 19.9. The molecule has 8 heteroatoms. The summed E-state index contributed by atoms with van der Waals surface area (Å²) in [5.74, 6) is 2.10. The van der Waals surface area contributed by atoms with Crippen LogP contribution in [-0.4, -0.2) is 33.0 Å². The van der Waals surface area contributed by atoms with Crippen molar-refractivity contribution in [3.8, 4) is 5.75 Å². The Kier molecular flexibility index (Phi) is 6.95. The normalized spacial score (nSPS) is 11.8. The van der Waals surface area contributed by atoms with E-state index in [1.54, 1.807) is 36.0 Å². The summed E-state index contributed by atoms with van der Waals surface area (Å²) in [6.07, 6.45) is 0. The standard InChI is InChI=1S/C20H21ClN4O2S/c1-14(22-19(26)15-8-10-16(21)11-9-15)18-23-24-20(25(18)2)28-13-12-27-17-6-4-3-5-7-17/h3-11,14H,12-13H2,1-2H3,(H,22,26)/t14-/m0/s1. The molecule has 6 nitrogen and oxygen atoms in total. The molecule has 0 radical (unpaired) electrons. The van der Waals surface area contributed by atoms with Crippen molar-refractivity contribution in [2.24, 2.45) is 7.05 Å². The Hall–Kier alpha value is -2.51. The highest BCUT2D eigenvalue weighted by atomic mass is 35.5. The highest BCUT2D eigenvalue weighted by molar-refractivity contribution is 7.99. The zero-order valence-electron chi connectivity index (χ0n) is 15.6. The largest absolute Gasteiger partial charge is 0.493 e. The van der Waals surface area contributed by atoms with Gasteiger partial charge in [-0.2, -0.15) is 0 Å². The van der Waals surface area contributed by atoms with Crippen molar-refractivity contribution in [2.75, 3.05) is 12.4 Å². The number of amides is 1. The van der Waals surface area contributed by atoms with E-state index in [0.29, 0.717) is 23.0 Å². The van der Waals surface area contributed by atoms with Gasteiger partial charge >= 0.3 is 0 Å². The minimum atomic E-state index is -0.282. The van der Waals surface area contributed by atoms with Crippen LogP contribution in [0.15, 0.2) is 59.8 Å². The third kappa shape index (κ3) is 5.27. The molecule has 1 amide bonds. The molecule has 0 spiro atoms. The molecule has 1 aromatic heterocycles. The molecule has 0 saturated carbocycles. The van der Waals surface area contributed by atoms with Crippen molar-refractivity contribution in [3.63, 3.8) is 0 Å². The van der Waals surface area contributed by atoms with Crippen molar-refractivity contribution in [2.45, 2.75) is 18.1 Å². The lowest BCUT2D eigenvalue weighted by Gasteiger charge is -2.13. The average Bonchev–Trinajstić information content (AvgIpc) is 3.07. The van der Waals surface area contributed by atoms with Crippen LogP contribution in [0.4, 0.5) is 0 Å². The Morgan fingerprint density at radius 1 is 1.18 bits per heavy atom. The molecule has 0 unspecified atom stereocenters. The van der Waals surface area contributed by atoms with Gasteiger partial charge in [0.25, 0.3) is 5.91 Å². The van der Waals surface area contributed by atoms with Crippen LogP contribution in [0, 0.1) is 0 Å². The molecule has 0 bridgehead atoms. The van der Waals surface area contributed by atoms with Crippen LogP contribution in [-0.2, 0) is 7.05 Å². The van der Waals surface area contributed by atoms with Crippen LogP contribution >= 0.6 is 23.4 Å². The van der Waals surface area contributed by atoms with Crippen molar-refractivity contribution >= 4 is 29.3 Å². The van der Waals surface area contributed by atoms with Gasteiger partial charge in [0.1, 0.15) is 5.75 Å². The number of ether oxygens (including phenoxy) is 1. The Morgan fingerprint density at radius 2 is 1.89 bits per heavy atom. The molecule has 0 aliphatic rings. The van der Waals surface area contributed by atoms with Gasteiger partial charge in [-0.05, 0) is 43.3 Å². The molecule has 2 aromatic carbocycles. The highest BCUT2D eigenvalue weighted by Gasteiger charge is 2.18. The number of para-hydroxylation sites is 1. The maximum absolute atomic E-state index is 12.4. The van der Waals surface area contributed by atoms with E-state index in [1.807, 2.05) is 48.9 Å². The molecular formula is C20H21ClN4O2S. The van der Waals surface area contributed by atoms with Gasteiger partial charge in [-0.25, -0.2) is 0 Å². The van der Waals surface area contributed by atoms with Gasteiger partial charge < -0.3 is 14.6 Å². The average molecular weight is 417 g/mol. The first-order valence-electron chi connectivity index (χ1n) is 8.81. The third-order valence-corrected chi connectivity index (χ3v) is 5.27. The smallest absolute Gasteiger partial charge is 0.251 e. The van der Waals surface area contributed by atoms with Crippen LogP contribution in [0.1, 0.15) is 29.1 Å². The van der Waals surface area contributed by atoms with Crippen molar-refractivity contribution < 1.29 is 9.53 Å². The van der Waals surface area contributed by atoms with Crippen LogP contribution < -0.4 is 10.1 Å². The minimum absolute atomic E-state index is 0.183. The molecule has 0 aliphatic heterocycles. The number of rotatable bonds is 8. The van der Waals surface area contributed by atoms with E-state index in [0.717, 1.165) is 16.7 Å². The molecule has 1 atom stereocenters. The SMILES string of the molecule is C[C@H](NC(=O)c1ccc(Cl)cc1)c1nnc(SCCOc2ccccc2)n1C. The molecule has 0 aliphatic carbocycles. The molecule has 1 heterocycles. The van der Waals surface area contributed by atoms with Gasteiger partial charge in [-0.15, -0.1) is 10.2 Å². The van der Waals surface area contributed by atoms with Crippen molar-refractivity contribution in [1.82, 2.24) is 20.1 Å². The van der Waals surface area contributed by atoms with E-state index in [2.05, 4.69) is 15.5 Å². The number of thioether (sulfide) groups is 1. The molecule has 28 heavy (non-hydrogen) atoms. The second-order valence-electron chi connectivity index (χ2n) is 6.11. The monoisotopic (exact) mass is 416 g/mol. The molecule has 3 aromatic rings. The summed E-state index contributed by atoms with van der Waals surface area (Å²) in [5.41, 5.74) is 0.547. The van der Waals surface area contributed by atoms with Gasteiger partial charge in [0.15, 0.2) is 11.0 Å². The second kappa shape index (κ2) is 9.61. The van der Waals surface area contributed by atoms with E-state index in [1.165, 1.54) is 0 Å². The third-order valence-electron chi connectivity index (χ3n) is 4.04. The van der Waals surface area contributed by atoms with E-state index in [9.17, 15) is 4.79 Å². The number of nitrogens with one attached hydrogen (secondary N) is 1. The first-order chi connectivity index (χ1) is 13.5. The lowest BCUT2D eigenvalue weighted by Crippen LogP contribution is -2.28. The summed E-state index contributed by atoms with van der Waals surface area (Å²) < 4.78 is 7.58. The number of halogens is 1. The Bertz CT molecular complexity index is 916. The number of hydrogen-bond donors (Lipinski definition) is 1. The van der Waals surface area contributed by atoms with Crippen LogP contribution in [0.5, 0.6) is 5.75 Å². The fourth-order valence-electron chi connectivity index (χ4n) is 2.58. The number of benzene rings is 2. The molecule has 0 fully saturated rings. The quantitative estimate of drug-likeness (QED) is 0.441. The topological polar surface area (TPSA) is 69.0 Å². The molecular weight excluding hydrogens is 396 g/mol. The lowest BCUT2D eigenvalue weighted by molar-refractivity contribution is 0.0937. The maximum Gasteiger partial charge on any atom is 0.251 e. The lowest BCUT2D eigenvalue weighted by atomic mass is 10.2. The van der Waals surface area contributed by atoms with Gasteiger partial charge in [-0.3, -0.25) is 4.79 Å². The Labute approximate surface area is 173 Å². The predicted octanol–water partition coefficient (Wildman–Crippen LogP) is 4.13. The van der Waals surface area contributed by atoms with E-state index in [4.69, 9.17) is 16.3 Å². The van der Waals surface area contributed by atoms with Crippen molar-refractivity contribution in [3.05, 3.63) is 71.0 Å². The molecule has 1 N–H and O–H groups in total. The number of aromatic nitrogens is 3. The number of carbonyl (C=O) groups excluding carboxylic acids is 1. The van der Waals surface area contributed by atoms with E-state index in [-0.39, 0.29) is 11.9 Å². The first-order valence-corrected chi connectivity index (χ1v) is 10.2. The summed E-state index contributed by atoms with van der Waals surface area (Å²) in [5, 5.41) is 12.8. The Balaban J connectivity index is 1.52. The van der Waals surface area contributed by atoms with E-state index >= 15 is 0 Å². The summed E-state index contributed by atoms with van der Waals surface area (Å²) in [6, 6.07) is 16.2. The molecule has 146 valence electrons. The van der Waals surface area contributed by atoms with E-state index < -0.39 is 0 Å². The summed E-state index contributed by atoms with van der Waals surface area (Å²) >= 11 is 7.42. The predicted molar refractivity (Wildman–Crippen MR) is 111 cm³/mol. The number of nitrogens with zero attached hydrogens (tertiary/aromatic N) is 3. The van der Waals surface area contributed by atoms with Gasteiger partial charge in [0, 0.05) is 23.4 Å². The first kappa shape index (κ1) is 20.2. The molecule has 0 saturated heterocycles. The Morgan fingerprint density at radius 3 is 2.61 bits per heavy atom. The van der Waals surface area contributed by atoms with Gasteiger partial charge in [0.05, 0.1) is 12.6 Å². The van der Waals surface area contributed by atoms with Gasteiger partial charge in [-0.1, -0.05) is 41.6 Å². The minimum Gasteiger partial charge on any atom is -0.493 e. The number of hydrogen-bond acceptors (Lipinski definition) is 5. The number of carbonyl (C=O) groups is 1. The highest BCUT2D eigenvalue weighted by Crippen LogP contribution is 2.20. The van der Waals surface area contributed by atoms with Crippen LogP contribution in [0.2, 0.25) is 5.02 Å². The fourth-order valence-corrected chi connectivity index (χ4v) is 3.44. The fraction of sp³-hybridized carbons (Fsp3) is 0.250. The second-order valence-corrected chi connectivity index (χ2v) is 7.61. The van der Waals surface area contributed by atoms with Crippen LogP contribution in [0.3, 0.4) is 0 Å². The van der Waals surface area contributed by atoms with Gasteiger partial charge in [0.2, 0.25) is 0 Å². The summed E-state index contributed by atoms with van der Waals surface area (Å²) in [7, 11) is 1.89. The van der Waals surface area contributed by atoms with Crippen molar-refractivity contribution in [1.29, 1.82) is 0 Å². The summed E-state index contributed by atoms with van der Waals surface area (Å²) in [4.78, 5) is 12.4. The molecule has 3 rings (SSSR count). The summed E-state index contributed by atoms with van der Waals surface area (Å²) in [6.45, 7) is 2.45. The maximum atomic E-state index is 12.4. The zero-order valence-corrected chi connectivity index (χ0v) is 17.2.